The van der Waals surface area contributed by atoms with Gasteiger partial charge in [-0.1, -0.05) is 30.3 Å². The van der Waals surface area contributed by atoms with Gasteiger partial charge in [0.25, 0.3) is 0 Å². The Morgan fingerprint density at radius 1 is 1.28 bits per heavy atom. The first kappa shape index (κ1) is 17.8. The van der Waals surface area contributed by atoms with Gasteiger partial charge in [0.1, 0.15) is 0 Å². The van der Waals surface area contributed by atoms with Crippen LogP contribution in [-0.2, 0) is 4.74 Å². The molecule has 1 aromatic heterocycles. The lowest BCUT2D eigenvalue weighted by molar-refractivity contribution is -0.00863. The maximum Gasteiger partial charge on any atom is 0.321 e. The quantitative estimate of drug-likeness (QED) is 0.860. The Hall–Kier alpha value is -1.96. The van der Waals surface area contributed by atoms with Gasteiger partial charge in [-0.05, 0) is 13.8 Å². The molecule has 0 unspecified atom stereocenters. The number of urea groups is 1. The molecule has 1 aliphatic heterocycles. The number of aromatic nitrogens is 1. The maximum absolute atomic E-state index is 12.2. The highest BCUT2D eigenvalue weighted by atomic mass is 32.1. The van der Waals surface area contributed by atoms with Crippen molar-refractivity contribution in [2.45, 2.75) is 19.4 Å². The van der Waals surface area contributed by atoms with Gasteiger partial charge in [-0.25, -0.2) is 9.78 Å². The zero-order chi connectivity index (χ0) is 17.7. The van der Waals surface area contributed by atoms with Crippen molar-refractivity contribution in [1.29, 1.82) is 0 Å². The van der Waals surface area contributed by atoms with Crippen molar-refractivity contribution in [1.82, 2.24) is 15.2 Å². The minimum absolute atomic E-state index is 0.112. The van der Waals surface area contributed by atoms with Crippen molar-refractivity contribution < 1.29 is 9.53 Å². The fraction of sp³-hybridized carbons (Fsp3) is 0.444. The third-order valence-corrected chi connectivity index (χ3v) is 5.10. The summed E-state index contributed by atoms with van der Waals surface area (Å²) in [5, 5.41) is 8.32. The highest BCUT2D eigenvalue weighted by Gasteiger charge is 2.28. The predicted molar refractivity (Wildman–Crippen MR) is 101 cm³/mol. The number of ether oxygens (including phenoxy) is 1. The van der Waals surface area contributed by atoms with Crippen molar-refractivity contribution in [3.05, 3.63) is 35.7 Å². The van der Waals surface area contributed by atoms with Crippen molar-refractivity contribution in [2.75, 3.05) is 38.2 Å². The number of hydrogen-bond donors (Lipinski definition) is 2. The number of carbonyl (C=O) groups excluding carboxylic acids is 1. The molecule has 2 amide bonds. The molecule has 2 N–H and O–H groups in total. The fourth-order valence-corrected chi connectivity index (χ4v) is 3.51. The molecule has 0 radical (unpaired) electrons. The standard InChI is InChI=1S/C18H24N4O2S/c1-18(2,22-8-10-24-11-9-22)13-19-16(23)21-17-20-15(12-25-17)14-6-4-3-5-7-14/h3-7,12H,8-11,13H2,1-2H3,(H2,19,20,21,23). The van der Waals surface area contributed by atoms with Crippen LogP contribution in [0.25, 0.3) is 11.3 Å². The zero-order valence-electron chi connectivity index (χ0n) is 14.6. The molecule has 2 heterocycles. The molecule has 0 bridgehead atoms. The number of carbonyl (C=O) groups is 1. The van der Waals surface area contributed by atoms with E-state index < -0.39 is 0 Å². The largest absolute Gasteiger partial charge is 0.379 e. The molecule has 0 aliphatic carbocycles. The van der Waals surface area contributed by atoms with Crippen molar-refractivity contribution >= 4 is 22.5 Å². The molecule has 1 aliphatic rings. The third kappa shape index (κ3) is 4.78. The van der Waals surface area contributed by atoms with Crippen molar-refractivity contribution in [3.8, 4) is 11.3 Å². The van der Waals surface area contributed by atoms with Crippen LogP contribution in [0.4, 0.5) is 9.93 Å². The zero-order valence-corrected chi connectivity index (χ0v) is 15.4. The number of amides is 2. The van der Waals surface area contributed by atoms with E-state index in [0.717, 1.165) is 37.6 Å². The third-order valence-electron chi connectivity index (χ3n) is 4.34. The van der Waals surface area contributed by atoms with E-state index in [0.29, 0.717) is 11.7 Å². The summed E-state index contributed by atoms with van der Waals surface area (Å²) in [5.74, 6) is 0. The minimum atomic E-state index is -0.227. The molecule has 3 rings (SSSR count). The predicted octanol–water partition coefficient (Wildman–Crippen LogP) is 3.04. The molecule has 25 heavy (non-hydrogen) atoms. The maximum atomic E-state index is 12.2. The number of benzene rings is 1. The van der Waals surface area contributed by atoms with Gasteiger partial charge in [0.05, 0.1) is 18.9 Å². The van der Waals surface area contributed by atoms with Gasteiger partial charge >= 0.3 is 6.03 Å². The van der Waals surface area contributed by atoms with E-state index in [2.05, 4.69) is 34.4 Å². The van der Waals surface area contributed by atoms with Gasteiger partial charge in [0, 0.05) is 36.1 Å². The van der Waals surface area contributed by atoms with Gasteiger partial charge in [0.15, 0.2) is 5.13 Å². The number of hydrogen-bond acceptors (Lipinski definition) is 5. The first-order valence-corrected chi connectivity index (χ1v) is 9.31. The number of rotatable bonds is 5. The summed E-state index contributed by atoms with van der Waals surface area (Å²) in [5.41, 5.74) is 1.80. The fourth-order valence-electron chi connectivity index (χ4n) is 2.79. The van der Waals surface area contributed by atoms with E-state index in [1.165, 1.54) is 11.3 Å². The molecule has 134 valence electrons. The van der Waals surface area contributed by atoms with Gasteiger partial charge in [0.2, 0.25) is 0 Å². The lowest BCUT2D eigenvalue weighted by atomic mass is 10.0. The van der Waals surface area contributed by atoms with E-state index >= 15 is 0 Å². The van der Waals surface area contributed by atoms with Crippen LogP contribution in [0.5, 0.6) is 0 Å². The van der Waals surface area contributed by atoms with E-state index in [-0.39, 0.29) is 11.6 Å². The highest BCUT2D eigenvalue weighted by molar-refractivity contribution is 7.14. The first-order chi connectivity index (χ1) is 12.0. The summed E-state index contributed by atoms with van der Waals surface area (Å²) in [6.45, 7) is 8.11. The van der Waals surface area contributed by atoms with E-state index in [1.54, 1.807) is 0 Å². The minimum Gasteiger partial charge on any atom is -0.379 e. The summed E-state index contributed by atoms with van der Waals surface area (Å²) in [6, 6.07) is 9.70. The Balaban J connectivity index is 1.52. The van der Waals surface area contributed by atoms with Gasteiger partial charge in [-0.15, -0.1) is 11.3 Å². The van der Waals surface area contributed by atoms with Gasteiger partial charge in [-0.3, -0.25) is 10.2 Å². The molecule has 0 spiro atoms. The molecule has 1 fully saturated rings. The van der Waals surface area contributed by atoms with Crippen LogP contribution in [0, 0.1) is 0 Å². The van der Waals surface area contributed by atoms with Crippen LogP contribution < -0.4 is 10.6 Å². The Kier molecular flexibility index (Phi) is 5.67. The van der Waals surface area contributed by atoms with E-state index in [9.17, 15) is 4.79 Å². The summed E-state index contributed by atoms with van der Waals surface area (Å²) in [6.07, 6.45) is 0. The molecule has 0 atom stereocenters. The Bertz CT molecular complexity index is 696. The molecule has 1 aromatic carbocycles. The summed E-state index contributed by atoms with van der Waals surface area (Å²) >= 11 is 1.42. The average Bonchev–Trinajstić information content (AvgIpc) is 3.10. The number of morpholine rings is 1. The van der Waals surface area contributed by atoms with Crippen LogP contribution in [0.3, 0.4) is 0 Å². The highest BCUT2D eigenvalue weighted by Crippen LogP contribution is 2.24. The summed E-state index contributed by atoms with van der Waals surface area (Å²) in [7, 11) is 0. The molecule has 1 saturated heterocycles. The number of nitrogens with zero attached hydrogens (tertiary/aromatic N) is 2. The van der Waals surface area contributed by atoms with E-state index in [1.807, 2.05) is 35.7 Å². The van der Waals surface area contributed by atoms with Gasteiger partial charge < -0.3 is 10.1 Å². The lowest BCUT2D eigenvalue weighted by Gasteiger charge is -2.40. The normalized spacial score (nSPS) is 15.8. The number of anilines is 1. The Morgan fingerprint density at radius 3 is 2.72 bits per heavy atom. The molecular formula is C18H24N4O2S. The topological polar surface area (TPSA) is 66.5 Å². The lowest BCUT2D eigenvalue weighted by Crippen LogP contribution is -2.55. The first-order valence-electron chi connectivity index (χ1n) is 8.43. The van der Waals surface area contributed by atoms with Crippen molar-refractivity contribution in [2.24, 2.45) is 0 Å². The molecule has 7 heteroatoms. The monoisotopic (exact) mass is 360 g/mol. The second-order valence-corrected chi connectivity index (χ2v) is 7.48. The summed E-state index contributed by atoms with van der Waals surface area (Å²) in [4.78, 5) is 19.0. The molecular weight excluding hydrogens is 336 g/mol. The SMILES string of the molecule is CC(C)(CNC(=O)Nc1nc(-c2ccccc2)cs1)N1CCOCC1. The van der Waals surface area contributed by atoms with E-state index in [4.69, 9.17) is 4.74 Å². The molecule has 6 nitrogen and oxygen atoms in total. The smallest absolute Gasteiger partial charge is 0.321 e. The number of thiazole rings is 1. The van der Waals surface area contributed by atoms with Crippen LogP contribution in [0.1, 0.15) is 13.8 Å². The summed E-state index contributed by atoms with van der Waals surface area (Å²) < 4.78 is 5.39. The van der Waals surface area contributed by atoms with Crippen LogP contribution in [-0.4, -0.2) is 54.3 Å². The average molecular weight is 360 g/mol. The second kappa shape index (κ2) is 7.95. The second-order valence-electron chi connectivity index (χ2n) is 6.62. The van der Waals surface area contributed by atoms with Crippen molar-refractivity contribution in [3.63, 3.8) is 0 Å². The Labute approximate surface area is 152 Å². The Morgan fingerprint density at radius 2 is 2.00 bits per heavy atom. The molecule has 2 aromatic rings. The van der Waals surface area contributed by atoms with Crippen LogP contribution >= 0.6 is 11.3 Å². The number of nitrogens with one attached hydrogen (secondary N) is 2. The van der Waals surface area contributed by atoms with Crippen LogP contribution in [0.15, 0.2) is 35.7 Å². The van der Waals surface area contributed by atoms with Crippen LogP contribution in [0.2, 0.25) is 0 Å². The molecule has 0 saturated carbocycles. The van der Waals surface area contributed by atoms with Gasteiger partial charge in [-0.2, -0.15) is 0 Å².